The van der Waals surface area contributed by atoms with E-state index in [9.17, 15) is 14.4 Å². The average molecular weight is 669 g/mol. The van der Waals surface area contributed by atoms with Crippen LogP contribution in [0.1, 0.15) is 58.9 Å². The summed E-state index contributed by atoms with van der Waals surface area (Å²) in [5.74, 6) is 0.0811. The number of carbonyl (C=O) groups is 3. The molecule has 4 N–H and O–H groups in total. The highest BCUT2D eigenvalue weighted by Gasteiger charge is 2.36. The first-order valence-electron chi connectivity index (χ1n) is 16.6. The van der Waals surface area contributed by atoms with Gasteiger partial charge < -0.3 is 20.5 Å². The zero-order valence-electron chi connectivity index (χ0n) is 28.4. The van der Waals surface area contributed by atoms with E-state index in [1.807, 2.05) is 64.1 Å². The van der Waals surface area contributed by atoms with Gasteiger partial charge in [0.05, 0.1) is 6.61 Å². The summed E-state index contributed by atoms with van der Waals surface area (Å²) in [4.78, 5) is 45.7. The van der Waals surface area contributed by atoms with Crippen molar-refractivity contribution in [3.8, 4) is 28.4 Å². The number of tetrazole rings is 1. The molecule has 0 spiro atoms. The molecule has 3 amide bonds. The number of alkyl carbamates (subject to hydrolysis) is 1. The van der Waals surface area contributed by atoms with E-state index in [-0.39, 0.29) is 24.2 Å². The van der Waals surface area contributed by atoms with Crippen molar-refractivity contribution in [3.63, 3.8) is 0 Å². The second-order valence-corrected chi connectivity index (χ2v) is 13.2. The van der Waals surface area contributed by atoms with E-state index in [0.717, 1.165) is 29.5 Å². The third kappa shape index (κ3) is 9.18. The Kier molecular flexibility index (Phi) is 11.2. The van der Waals surface area contributed by atoms with E-state index in [1.165, 1.54) is 0 Å². The van der Waals surface area contributed by atoms with Crippen molar-refractivity contribution in [1.82, 2.24) is 30.9 Å². The fourth-order valence-electron chi connectivity index (χ4n) is 6.09. The van der Waals surface area contributed by atoms with E-state index in [2.05, 4.69) is 30.9 Å². The number of anilines is 1. The van der Waals surface area contributed by atoms with Crippen molar-refractivity contribution in [2.45, 2.75) is 71.4 Å². The molecule has 1 fully saturated rings. The summed E-state index contributed by atoms with van der Waals surface area (Å²) >= 11 is 0. The van der Waals surface area contributed by atoms with Crippen molar-refractivity contribution in [3.05, 3.63) is 72.4 Å². The van der Waals surface area contributed by atoms with Crippen LogP contribution in [-0.2, 0) is 20.7 Å². The largest absolute Gasteiger partial charge is 0.478 e. The standard InChI is InChI=1S/C36H44N8O5/c1-5-48-33-29(7-6-20-38-33)25-12-8-23(9-13-25)21-30(31(37)45)44(28-18-16-26(17-19-28)32-40-42-43-41-32)34(46)27-14-10-24(11-15-27)22-39-35(47)49-36(2,3)4/h6-9,12-13,16-20,24,27,30H,5,10-11,14-15,21-22H2,1-4H3,(H2,37,45)(H,39,47)(H,40,41,42,43)/t24?,27?,30-/m0/s1. The number of benzene rings is 2. The van der Waals surface area contributed by atoms with Crippen molar-refractivity contribution in [1.29, 1.82) is 0 Å². The number of nitrogens with two attached hydrogens (primary N) is 1. The maximum atomic E-state index is 14.4. The van der Waals surface area contributed by atoms with E-state index in [1.54, 1.807) is 35.4 Å². The molecule has 1 atom stereocenters. The van der Waals surface area contributed by atoms with Crippen LogP contribution in [0.4, 0.5) is 10.5 Å². The first kappa shape index (κ1) is 35.0. The quantitative estimate of drug-likeness (QED) is 0.185. The Bertz CT molecular complexity index is 1700. The van der Waals surface area contributed by atoms with Gasteiger partial charge in [0.25, 0.3) is 0 Å². The first-order chi connectivity index (χ1) is 23.5. The number of rotatable bonds is 12. The minimum atomic E-state index is -0.946. The van der Waals surface area contributed by atoms with E-state index >= 15 is 0 Å². The van der Waals surface area contributed by atoms with Gasteiger partial charge in [-0.25, -0.2) is 9.78 Å². The summed E-state index contributed by atoms with van der Waals surface area (Å²) < 4.78 is 11.1. The maximum absolute atomic E-state index is 14.4. The van der Waals surface area contributed by atoms with Crippen LogP contribution in [0, 0.1) is 11.8 Å². The number of amides is 3. The first-order valence-corrected chi connectivity index (χ1v) is 16.6. The predicted molar refractivity (Wildman–Crippen MR) is 184 cm³/mol. The Morgan fingerprint density at radius 1 is 1.00 bits per heavy atom. The fraction of sp³-hybridized carbons (Fsp3) is 0.417. The summed E-state index contributed by atoms with van der Waals surface area (Å²) in [7, 11) is 0. The second kappa shape index (κ2) is 15.7. The highest BCUT2D eigenvalue weighted by atomic mass is 16.6. The van der Waals surface area contributed by atoms with Crippen LogP contribution >= 0.6 is 0 Å². The lowest BCUT2D eigenvalue weighted by Crippen LogP contribution is -2.52. The fourth-order valence-corrected chi connectivity index (χ4v) is 6.09. The molecule has 5 rings (SSSR count). The Morgan fingerprint density at radius 2 is 1.69 bits per heavy atom. The van der Waals surface area contributed by atoms with E-state index in [0.29, 0.717) is 48.9 Å². The number of aromatic amines is 1. The zero-order valence-corrected chi connectivity index (χ0v) is 28.4. The van der Waals surface area contributed by atoms with Crippen LogP contribution in [0.2, 0.25) is 0 Å². The minimum absolute atomic E-state index is 0.164. The molecule has 0 unspecified atom stereocenters. The number of hydrogen-bond donors (Lipinski definition) is 3. The topological polar surface area (TPSA) is 178 Å². The molecular formula is C36H44N8O5. The van der Waals surface area contributed by atoms with Crippen LogP contribution in [0.15, 0.2) is 66.9 Å². The monoisotopic (exact) mass is 668 g/mol. The van der Waals surface area contributed by atoms with Crippen molar-refractivity contribution < 1.29 is 23.9 Å². The van der Waals surface area contributed by atoms with Crippen LogP contribution in [0.25, 0.3) is 22.5 Å². The second-order valence-electron chi connectivity index (χ2n) is 13.2. The zero-order chi connectivity index (χ0) is 35.0. The highest BCUT2D eigenvalue weighted by molar-refractivity contribution is 6.01. The SMILES string of the molecule is CCOc1ncccc1-c1ccc(C[C@@H](C(N)=O)N(C(=O)C2CCC(CNC(=O)OC(C)(C)C)CC2)c2ccc(-c3nn[nH]n3)cc2)cc1. The molecule has 258 valence electrons. The summed E-state index contributed by atoms with van der Waals surface area (Å²) in [6.45, 7) is 8.34. The number of carbonyl (C=O) groups excluding carboxylic acids is 3. The molecule has 0 saturated heterocycles. The van der Waals surface area contributed by atoms with Gasteiger partial charge in [-0.2, -0.15) is 5.21 Å². The third-order valence-electron chi connectivity index (χ3n) is 8.50. The van der Waals surface area contributed by atoms with Crippen molar-refractivity contribution >= 4 is 23.6 Å². The molecule has 13 heteroatoms. The number of pyridine rings is 1. The lowest BCUT2D eigenvalue weighted by atomic mass is 9.81. The van der Waals surface area contributed by atoms with Crippen LogP contribution in [0.5, 0.6) is 5.88 Å². The summed E-state index contributed by atoms with van der Waals surface area (Å²) in [5, 5.41) is 17.0. The number of nitrogens with one attached hydrogen (secondary N) is 2. The van der Waals surface area contributed by atoms with Gasteiger partial charge in [-0.05, 0) is 112 Å². The van der Waals surface area contributed by atoms with E-state index in [4.69, 9.17) is 15.2 Å². The molecule has 2 aromatic carbocycles. The van der Waals surface area contributed by atoms with Crippen LogP contribution in [-0.4, -0.2) is 68.3 Å². The number of H-pyrrole nitrogens is 1. The number of primary amides is 1. The molecule has 13 nitrogen and oxygen atoms in total. The normalized spacial score (nSPS) is 16.7. The molecule has 49 heavy (non-hydrogen) atoms. The van der Waals surface area contributed by atoms with Gasteiger partial charge >= 0.3 is 6.09 Å². The molecule has 2 heterocycles. The number of nitrogens with zero attached hydrogens (tertiary/aromatic N) is 5. The summed E-state index contributed by atoms with van der Waals surface area (Å²) in [6.07, 6.45) is 4.18. The smallest absolute Gasteiger partial charge is 0.407 e. The molecule has 2 aromatic heterocycles. The summed E-state index contributed by atoms with van der Waals surface area (Å²) in [5.41, 5.74) is 9.35. The number of aromatic nitrogens is 5. The third-order valence-corrected chi connectivity index (χ3v) is 8.50. The van der Waals surface area contributed by atoms with Crippen LogP contribution in [0.3, 0.4) is 0 Å². The van der Waals surface area contributed by atoms with Crippen LogP contribution < -0.4 is 20.7 Å². The van der Waals surface area contributed by atoms with Gasteiger partial charge in [0.2, 0.25) is 23.5 Å². The Balaban J connectivity index is 1.35. The molecule has 4 aromatic rings. The number of ether oxygens (including phenoxy) is 2. The minimum Gasteiger partial charge on any atom is -0.478 e. The Hall–Kier alpha value is -5.33. The Labute approximate surface area is 286 Å². The van der Waals surface area contributed by atoms with Gasteiger partial charge in [-0.15, -0.1) is 10.2 Å². The van der Waals surface area contributed by atoms with Gasteiger partial charge in [-0.3, -0.25) is 14.5 Å². The molecular weight excluding hydrogens is 624 g/mol. The molecule has 0 aliphatic heterocycles. The van der Waals surface area contributed by atoms with Gasteiger partial charge in [0, 0.05) is 41.9 Å². The van der Waals surface area contributed by atoms with Gasteiger partial charge in [0.15, 0.2) is 0 Å². The van der Waals surface area contributed by atoms with Crippen molar-refractivity contribution in [2.24, 2.45) is 17.6 Å². The van der Waals surface area contributed by atoms with Gasteiger partial charge in [-0.1, -0.05) is 24.3 Å². The maximum Gasteiger partial charge on any atom is 0.407 e. The molecule has 1 aliphatic carbocycles. The van der Waals surface area contributed by atoms with Gasteiger partial charge in [0.1, 0.15) is 11.6 Å². The number of hydrogen-bond acceptors (Lipinski definition) is 9. The van der Waals surface area contributed by atoms with Crippen molar-refractivity contribution in [2.75, 3.05) is 18.1 Å². The van der Waals surface area contributed by atoms with E-state index < -0.39 is 23.6 Å². The molecule has 1 aliphatic rings. The highest BCUT2D eigenvalue weighted by Crippen LogP contribution is 2.34. The average Bonchev–Trinajstić information content (AvgIpc) is 3.63. The molecule has 0 radical (unpaired) electrons. The molecule has 1 saturated carbocycles. The predicted octanol–water partition coefficient (Wildman–Crippen LogP) is 5.09. The lowest BCUT2D eigenvalue weighted by Gasteiger charge is -2.36. The Morgan fingerprint density at radius 3 is 2.31 bits per heavy atom. The molecule has 0 bridgehead atoms. The summed E-state index contributed by atoms with van der Waals surface area (Å²) in [6, 6.07) is 17.7. The lowest BCUT2D eigenvalue weighted by molar-refractivity contribution is -0.127.